The summed E-state index contributed by atoms with van der Waals surface area (Å²) in [6.07, 6.45) is 1.93. The van der Waals surface area contributed by atoms with Crippen LogP contribution >= 0.6 is 0 Å². The van der Waals surface area contributed by atoms with Gasteiger partial charge in [-0.05, 0) is 43.4 Å². The van der Waals surface area contributed by atoms with Gasteiger partial charge in [0, 0.05) is 17.8 Å². The number of aromatic nitrogens is 2. The maximum atomic E-state index is 12.8. The predicted molar refractivity (Wildman–Crippen MR) is 92.2 cm³/mol. The lowest BCUT2D eigenvalue weighted by Gasteiger charge is -2.28. The van der Waals surface area contributed by atoms with Crippen LogP contribution in [0.1, 0.15) is 44.0 Å². The zero-order valence-corrected chi connectivity index (χ0v) is 14.4. The summed E-state index contributed by atoms with van der Waals surface area (Å²) >= 11 is 0. The minimum absolute atomic E-state index is 0.339. The Balaban J connectivity index is 1.88. The van der Waals surface area contributed by atoms with Crippen LogP contribution < -0.4 is 5.32 Å². The SMILES string of the molecule is Cc1ncc(-c2ccc(C(F)(F)F)cc2)c(N[C@@H]2CCCC(C)C2)n1. The summed E-state index contributed by atoms with van der Waals surface area (Å²) in [5.74, 6) is 2.01. The van der Waals surface area contributed by atoms with E-state index >= 15 is 0 Å². The maximum Gasteiger partial charge on any atom is 0.416 e. The molecule has 1 heterocycles. The van der Waals surface area contributed by atoms with Gasteiger partial charge in [-0.15, -0.1) is 0 Å². The summed E-state index contributed by atoms with van der Waals surface area (Å²) in [7, 11) is 0. The number of anilines is 1. The van der Waals surface area contributed by atoms with Crippen LogP contribution in [0.15, 0.2) is 30.5 Å². The number of aryl methyl sites for hydroxylation is 1. The first-order valence-corrected chi connectivity index (χ1v) is 8.61. The van der Waals surface area contributed by atoms with E-state index in [1.54, 1.807) is 6.20 Å². The minimum Gasteiger partial charge on any atom is -0.367 e. The first-order valence-electron chi connectivity index (χ1n) is 8.61. The molecule has 0 amide bonds. The minimum atomic E-state index is -4.33. The van der Waals surface area contributed by atoms with Gasteiger partial charge in [0.2, 0.25) is 0 Å². The molecule has 0 spiro atoms. The molecule has 0 bridgehead atoms. The molecule has 1 aromatic carbocycles. The lowest BCUT2D eigenvalue weighted by atomic mass is 9.87. The van der Waals surface area contributed by atoms with Crippen LogP contribution in [-0.4, -0.2) is 16.0 Å². The van der Waals surface area contributed by atoms with Crippen LogP contribution in [0, 0.1) is 12.8 Å². The number of nitrogens with zero attached hydrogens (tertiary/aromatic N) is 2. The average Bonchev–Trinajstić information content (AvgIpc) is 2.54. The highest BCUT2D eigenvalue weighted by Crippen LogP contribution is 2.33. The Bertz CT molecular complexity index is 726. The Morgan fingerprint density at radius 2 is 1.84 bits per heavy atom. The zero-order valence-electron chi connectivity index (χ0n) is 14.4. The van der Waals surface area contributed by atoms with E-state index in [0.717, 1.165) is 30.5 Å². The molecule has 1 N–H and O–H groups in total. The molecule has 0 radical (unpaired) electrons. The lowest BCUT2D eigenvalue weighted by Crippen LogP contribution is -2.27. The molecule has 3 rings (SSSR count). The normalized spacial score (nSPS) is 21.2. The topological polar surface area (TPSA) is 37.8 Å². The second kappa shape index (κ2) is 7.02. The van der Waals surface area contributed by atoms with Crippen LogP contribution in [-0.2, 0) is 6.18 Å². The summed E-state index contributed by atoms with van der Waals surface area (Å²) in [5.41, 5.74) is 0.761. The molecule has 1 saturated carbocycles. The monoisotopic (exact) mass is 349 g/mol. The van der Waals surface area contributed by atoms with Gasteiger partial charge in [-0.25, -0.2) is 9.97 Å². The van der Waals surface area contributed by atoms with Gasteiger partial charge < -0.3 is 5.32 Å². The highest BCUT2D eigenvalue weighted by Gasteiger charge is 2.30. The lowest BCUT2D eigenvalue weighted by molar-refractivity contribution is -0.137. The van der Waals surface area contributed by atoms with Crippen molar-refractivity contribution in [3.63, 3.8) is 0 Å². The van der Waals surface area contributed by atoms with Crippen LogP contribution in [0.25, 0.3) is 11.1 Å². The van der Waals surface area contributed by atoms with Crippen LogP contribution in [0.4, 0.5) is 19.0 Å². The van der Waals surface area contributed by atoms with Gasteiger partial charge in [0.1, 0.15) is 11.6 Å². The van der Waals surface area contributed by atoms with Crippen molar-refractivity contribution in [3.05, 3.63) is 41.9 Å². The maximum absolute atomic E-state index is 12.8. The van der Waals surface area contributed by atoms with Crippen molar-refractivity contribution in [2.75, 3.05) is 5.32 Å². The van der Waals surface area contributed by atoms with Crippen molar-refractivity contribution in [2.45, 2.75) is 51.7 Å². The highest BCUT2D eigenvalue weighted by atomic mass is 19.4. The molecular weight excluding hydrogens is 327 g/mol. The number of nitrogens with one attached hydrogen (secondary N) is 1. The average molecular weight is 349 g/mol. The first kappa shape index (κ1) is 17.7. The molecule has 1 unspecified atom stereocenters. The molecule has 6 heteroatoms. The number of benzene rings is 1. The summed E-state index contributed by atoms with van der Waals surface area (Å²) in [5, 5.41) is 3.49. The predicted octanol–water partition coefficient (Wildman–Crippen LogP) is 5.46. The van der Waals surface area contributed by atoms with E-state index in [1.807, 2.05) is 6.92 Å². The second-order valence-corrected chi connectivity index (χ2v) is 6.87. The fraction of sp³-hybridized carbons (Fsp3) is 0.474. The third kappa shape index (κ3) is 4.30. The largest absolute Gasteiger partial charge is 0.416 e. The van der Waals surface area contributed by atoms with Gasteiger partial charge in [0.25, 0.3) is 0 Å². The number of alkyl halides is 3. The Kier molecular flexibility index (Phi) is 4.97. The molecule has 25 heavy (non-hydrogen) atoms. The zero-order chi connectivity index (χ0) is 18.0. The Labute approximate surface area is 145 Å². The van der Waals surface area contributed by atoms with E-state index in [9.17, 15) is 13.2 Å². The molecule has 0 saturated heterocycles. The third-order valence-electron chi connectivity index (χ3n) is 4.71. The second-order valence-electron chi connectivity index (χ2n) is 6.87. The van der Waals surface area contributed by atoms with Gasteiger partial charge in [0.15, 0.2) is 0 Å². The molecular formula is C19H22F3N3. The third-order valence-corrected chi connectivity index (χ3v) is 4.71. The Hall–Kier alpha value is -2.11. The van der Waals surface area contributed by atoms with Gasteiger partial charge >= 0.3 is 6.18 Å². The van der Waals surface area contributed by atoms with Crippen molar-refractivity contribution < 1.29 is 13.2 Å². The standard InChI is InChI=1S/C19H22F3N3/c1-12-4-3-5-16(10-12)25-18-17(11-23-13(2)24-18)14-6-8-15(9-7-14)19(20,21)22/h6-9,11-12,16H,3-5,10H2,1-2H3,(H,23,24,25)/t12?,16-/m1/s1. The fourth-order valence-corrected chi connectivity index (χ4v) is 3.39. The molecule has 1 aromatic heterocycles. The first-order chi connectivity index (χ1) is 11.8. The molecule has 1 aliphatic rings. The molecule has 0 aliphatic heterocycles. The van der Waals surface area contributed by atoms with Gasteiger partial charge in [0.05, 0.1) is 5.56 Å². The Morgan fingerprint density at radius 3 is 2.48 bits per heavy atom. The van der Waals surface area contributed by atoms with Crippen LogP contribution in [0.2, 0.25) is 0 Å². The smallest absolute Gasteiger partial charge is 0.367 e. The molecule has 134 valence electrons. The van der Waals surface area contributed by atoms with E-state index in [0.29, 0.717) is 29.2 Å². The van der Waals surface area contributed by atoms with Crippen molar-refractivity contribution in [1.82, 2.24) is 9.97 Å². The number of halogens is 3. The number of hydrogen-bond acceptors (Lipinski definition) is 3. The molecule has 2 atom stereocenters. The molecule has 3 nitrogen and oxygen atoms in total. The van der Waals surface area contributed by atoms with E-state index < -0.39 is 11.7 Å². The fourth-order valence-electron chi connectivity index (χ4n) is 3.39. The van der Waals surface area contributed by atoms with Crippen LogP contribution in [0.5, 0.6) is 0 Å². The van der Waals surface area contributed by atoms with Gasteiger partial charge in [-0.1, -0.05) is 31.9 Å². The van der Waals surface area contributed by atoms with Crippen molar-refractivity contribution in [3.8, 4) is 11.1 Å². The molecule has 1 fully saturated rings. The van der Waals surface area contributed by atoms with E-state index in [4.69, 9.17) is 0 Å². The van der Waals surface area contributed by atoms with Crippen molar-refractivity contribution in [2.24, 2.45) is 5.92 Å². The van der Waals surface area contributed by atoms with E-state index in [1.165, 1.54) is 25.0 Å². The van der Waals surface area contributed by atoms with Gasteiger partial charge in [-0.3, -0.25) is 0 Å². The summed E-state index contributed by atoms with van der Waals surface area (Å²) < 4.78 is 38.3. The number of hydrogen-bond donors (Lipinski definition) is 1. The van der Waals surface area contributed by atoms with Crippen molar-refractivity contribution in [1.29, 1.82) is 0 Å². The quantitative estimate of drug-likeness (QED) is 0.799. The molecule has 1 aliphatic carbocycles. The summed E-state index contributed by atoms with van der Waals surface area (Å²) in [4.78, 5) is 8.72. The van der Waals surface area contributed by atoms with Crippen molar-refractivity contribution >= 4 is 5.82 Å². The van der Waals surface area contributed by atoms with E-state index in [2.05, 4.69) is 22.2 Å². The summed E-state index contributed by atoms with van der Waals surface area (Å²) in [6.45, 7) is 4.06. The number of rotatable bonds is 3. The Morgan fingerprint density at radius 1 is 1.12 bits per heavy atom. The summed E-state index contributed by atoms with van der Waals surface area (Å²) in [6, 6.07) is 5.49. The molecule has 2 aromatic rings. The van der Waals surface area contributed by atoms with Gasteiger partial charge in [-0.2, -0.15) is 13.2 Å². The van der Waals surface area contributed by atoms with E-state index in [-0.39, 0.29) is 0 Å². The highest BCUT2D eigenvalue weighted by molar-refractivity contribution is 5.74. The van der Waals surface area contributed by atoms with Crippen LogP contribution in [0.3, 0.4) is 0 Å².